The maximum absolute atomic E-state index is 13.7. The minimum Gasteiger partial charge on any atom is -0.332 e. The summed E-state index contributed by atoms with van der Waals surface area (Å²) in [6, 6.07) is 5.37. The Kier molecular flexibility index (Phi) is 3.47. The van der Waals surface area contributed by atoms with Crippen LogP contribution in [0.25, 0.3) is 11.6 Å². The van der Waals surface area contributed by atoms with Gasteiger partial charge in [0.15, 0.2) is 11.5 Å². The first-order valence-electron chi connectivity index (χ1n) is 7.93. The van der Waals surface area contributed by atoms with E-state index in [1.165, 1.54) is 19.2 Å². The number of hydrogen-bond donors (Lipinski definition) is 0. The highest BCUT2D eigenvalue weighted by atomic mass is 19.4. The molecule has 1 saturated carbocycles. The van der Waals surface area contributed by atoms with Crippen LogP contribution >= 0.6 is 0 Å². The van der Waals surface area contributed by atoms with Crippen LogP contribution in [0.15, 0.2) is 28.8 Å². The Morgan fingerprint density at radius 3 is 2.54 bits per heavy atom. The van der Waals surface area contributed by atoms with Crippen LogP contribution < -0.4 is 0 Å². The number of halogens is 4. The quantitative estimate of drug-likeness (QED) is 0.657. The Balaban J connectivity index is 1.72. The molecule has 2 aromatic heterocycles. The van der Waals surface area contributed by atoms with Gasteiger partial charge in [0.2, 0.25) is 0 Å². The van der Waals surface area contributed by atoms with Gasteiger partial charge in [0.25, 0.3) is 5.89 Å². The molecule has 1 fully saturated rings. The predicted octanol–water partition coefficient (Wildman–Crippen LogP) is 4.02. The summed E-state index contributed by atoms with van der Waals surface area (Å²) in [5.41, 5.74) is 0.143. The lowest BCUT2D eigenvalue weighted by molar-refractivity contribution is -0.143. The topological polar surface area (TPSA) is 56.7 Å². The fraction of sp³-hybridized carbons (Fsp3) is 0.353. The van der Waals surface area contributed by atoms with Gasteiger partial charge in [-0.25, -0.2) is 4.39 Å². The summed E-state index contributed by atoms with van der Waals surface area (Å²) in [6.07, 6.45) is -3.10. The van der Waals surface area contributed by atoms with E-state index >= 15 is 0 Å². The van der Waals surface area contributed by atoms with Gasteiger partial charge in [-0.3, -0.25) is 4.68 Å². The van der Waals surface area contributed by atoms with E-state index in [9.17, 15) is 17.6 Å². The number of alkyl halides is 3. The Bertz CT molecular complexity index is 985. The number of rotatable bonds is 3. The molecule has 0 N–H and O–H groups in total. The maximum atomic E-state index is 13.7. The predicted molar refractivity (Wildman–Crippen MR) is 82.7 cm³/mol. The fourth-order valence-corrected chi connectivity index (χ4v) is 3.21. The second kappa shape index (κ2) is 5.39. The lowest BCUT2D eigenvalue weighted by Crippen LogP contribution is -2.13. The fourth-order valence-electron chi connectivity index (χ4n) is 3.21. The van der Waals surface area contributed by atoms with Crippen LogP contribution in [0.4, 0.5) is 17.6 Å². The molecule has 0 bridgehead atoms. The van der Waals surface area contributed by atoms with E-state index in [4.69, 9.17) is 4.52 Å². The zero-order valence-electron chi connectivity index (χ0n) is 13.9. The van der Waals surface area contributed by atoms with Crippen LogP contribution in [0.2, 0.25) is 0 Å². The van der Waals surface area contributed by atoms with Crippen molar-refractivity contribution in [1.82, 2.24) is 19.9 Å². The third-order valence-electron chi connectivity index (χ3n) is 4.71. The van der Waals surface area contributed by atoms with E-state index < -0.39 is 17.3 Å². The van der Waals surface area contributed by atoms with Gasteiger partial charge in [-0.05, 0) is 43.0 Å². The van der Waals surface area contributed by atoms with Crippen LogP contribution in [-0.2, 0) is 18.6 Å². The van der Waals surface area contributed by atoms with Crippen molar-refractivity contribution in [3.63, 3.8) is 0 Å². The summed E-state index contributed by atoms with van der Waals surface area (Å²) in [4.78, 5) is 4.25. The molecule has 0 radical (unpaired) electrons. The molecule has 26 heavy (non-hydrogen) atoms. The molecule has 3 aromatic rings. The first kappa shape index (κ1) is 16.7. The molecular weight excluding hydrogens is 352 g/mol. The van der Waals surface area contributed by atoms with Crippen molar-refractivity contribution in [2.75, 3.05) is 0 Å². The first-order chi connectivity index (χ1) is 12.2. The highest BCUT2D eigenvalue weighted by molar-refractivity contribution is 5.50. The van der Waals surface area contributed by atoms with Gasteiger partial charge in [-0.2, -0.15) is 23.3 Å². The molecule has 0 unspecified atom stereocenters. The molecule has 0 amide bonds. The lowest BCUT2D eigenvalue weighted by atomic mass is 9.91. The number of benzene rings is 1. The van der Waals surface area contributed by atoms with E-state index in [0.29, 0.717) is 18.7 Å². The van der Waals surface area contributed by atoms with Crippen LogP contribution in [0.1, 0.15) is 35.5 Å². The van der Waals surface area contributed by atoms with Crippen molar-refractivity contribution >= 4 is 0 Å². The standard InChI is InChI=1S/C17H14F4N4O/c1-9-3-4-10(18)7-11(9)16(5-6-16)15-22-14(26-24-15)12-8-13(17(19,20)21)25(2)23-12/h3-4,7-8H,5-6H2,1-2H3. The number of nitrogens with zero attached hydrogens (tertiary/aromatic N) is 4. The van der Waals surface area contributed by atoms with Gasteiger partial charge in [0.1, 0.15) is 11.5 Å². The number of aromatic nitrogens is 4. The Morgan fingerprint density at radius 2 is 1.92 bits per heavy atom. The van der Waals surface area contributed by atoms with Gasteiger partial charge >= 0.3 is 6.18 Å². The van der Waals surface area contributed by atoms with E-state index in [1.807, 2.05) is 6.92 Å². The normalized spacial score (nSPS) is 16.1. The first-order valence-corrected chi connectivity index (χ1v) is 7.93. The summed E-state index contributed by atoms with van der Waals surface area (Å²) in [7, 11) is 1.20. The van der Waals surface area contributed by atoms with Crippen molar-refractivity contribution < 1.29 is 22.1 Å². The molecule has 9 heteroatoms. The van der Waals surface area contributed by atoms with E-state index in [0.717, 1.165) is 21.9 Å². The molecule has 0 saturated heterocycles. The van der Waals surface area contributed by atoms with Crippen LogP contribution in [0.3, 0.4) is 0 Å². The summed E-state index contributed by atoms with van der Waals surface area (Å²) in [5.74, 6) is -0.119. The molecule has 1 aliphatic carbocycles. The van der Waals surface area contributed by atoms with Crippen molar-refractivity contribution in [1.29, 1.82) is 0 Å². The van der Waals surface area contributed by atoms with Crippen LogP contribution in [0, 0.1) is 12.7 Å². The van der Waals surface area contributed by atoms with Crippen molar-refractivity contribution in [3.8, 4) is 11.6 Å². The van der Waals surface area contributed by atoms with E-state index in [2.05, 4.69) is 15.2 Å². The second-order valence-electron chi connectivity index (χ2n) is 6.50. The van der Waals surface area contributed by atoms with Crippen molar-refractivity contribution in [2.45, 2.75) is 31.4 Å². The SMILES string of the molecule is Cc1ccc(F)cc1C1(c2noc(-c3cc(C(F)(F)F)n(C)n3)n2)CC1. The zero-order chi connectivity index (χ0) is 18.7. The number of aryl methyl sites for hydroxylation is 2. The molecule has 1 aromatic carbocycles. The smallest absolute Gasteiger partial charge is 0.332 e. The molecule has 0 aliphatic heterocycles. The van der Waals surface area contributed by atoms with Crippen LogP contribution in [0.5, 0.6) is 0 Å². The summed E-state index contributed by atoms with van der Waals surface area (Å²) in [6.45, 7) is 1.87. The summed E-state index contributed by atoms with van der Waals surface area (Å²) >= 11 is 0. The average Bonchev–Trinajstić information content (AvgIpc) is 3.02. The van der Waals surface area contributed by atoms with Crippen molar-refractivity contribution in [3.05, 3.63) is 52.7 Å². The van der Waals surface area contributed by atoms with Crippen molar-refractivity contribution in [2.24, 2.45) is 7.05 Å². The zero-order valence-corrected chi connectivity index (χ0v) is 13.9. The van der Waals surface area contributed by atoms with Gasteiger partial charge in [-0.1, -0.05) is 11.2 Å². The Morgan fingerprint density at radius 1 is 1.19 bits per heavy atom. The minimum atomic E-state index is -4.53. The molecular formula is C17H14F4N4O. The van der Waals surface area contributed by atoms with Gasteiger partial charge in [-0.15, -0.1) is 0 Å². The largest absolute Gasteiger partial charge is 0.433 e. The summed E-state index contributed by atoms with van der Waals surface area (Å²) < 4.78 is 58.3. The highest BCUT2D eigenvalue weighted by Crippen LogP contribution is 2.53. The molecule has 0 spiro atoms. The second-order valence-corrected chi connectivity index (χ2v) is 6.50. The average molecular weight is 366 g/mol. The number of hydrogen-bond acceptors (Lipinski definition) is 4. The Labute approximate surface area is 145 Å². The van der Waals surface area contributed by atoms with Gasteiger partial charge < -0.3 is 4.52 Å². The summed E-state index contributed by atoms with van der Waals surface area (Å²) in [5, 5.41) is 7.74. The molecule has 136 valence electrons. The van der Waals surface area contributed by atoms with Crippen LogP contribution in [-0.4, -0.2) is 19.9 Å². The lowest BCUT2D eigenvalue weighted by Gasteiger charge is -2.14. The third kappa shape index (κ3) is 2.58. The monoisotopic (exact) mass is 366 g/mol. The third-order valence-corrected chi connectivity index (χ3v) is 4.71. The van der Waals surface area contributed by atoms with E-state index in [-0.39, 0.29) is 17.4 Å². The molecule has 4 rings (SSSR count). The Hall–Kier alpha value is -2.71. The molecule has 0 atom stereocenters. The highest BCUT2D eigenvalue weighted by Gasteiger charge is 2.51. The molecule has 2 heterocycles. The van der Waals surface area contributed by atoms with Gasteiger partial charge in [0, 0.05) is 13.1 Å². The van der Waals surface area contributed by atoms with E-state index in [1.54, 1.807) is 6.07 Å². The molecule has 1 aliphatic rings. The van der Waals surface area contributed by atoms with Gasteiger partial charge in [0.05, 0.1) is 5.41 Å². The maximum Gasteiger partial charge on any atom is 0.433 e. The minimum absolute atomic E-state index is 0.0506. The molecule has 5 nitrogen and oxygen atoms in total.